The number of carbonyl (C=O) groups excluding carboxylic acids is 2. The average Bonchev–Trinajstić information content (AvgIpc) is 2.96. The largest absolute Gasteiger partial charge is 0.459 e. The number of carbonyl (C=O) groups is 2. The molecule has 1 aromatic heterocycles. The van der Waals surface area contributed by atoms with Crippen LogP contribution < -0.4 is 14.9 Å². The smallest absolute Gasteiger partial charge is 0.327 e. The minimum atomic E-state index is -4.33. The SMILES string of the molecule is CN(C)CCNc1cc(CNC(=O)c2cccc3cc(N(CC(=O)OC(C)(C)C)S(=O)(=O)c4cc(Cl)cc(Cl)c4)ccc23)ccn1. The van der Waals surface area contributed by atoms with Crippen LogP contribution in [0.1, 0.15) is 36.7 Å². The fraction of sp³-hybridized carbons (Fsp3) is 0.303. The van der Waals surface area contributed by atoms with E-state index in [0.717, 1.165) is 28.8 Å². The highest BCUT2D eigenvalue weighted by atomic mass is 35.5. The zero-order valence-corrected chi connectivity index (χ0v) is 28.6. The summed E-state index contributed by atoms with van der Waals surface area (Å²) >= 11 is 12.2. The molecule has 0 bridgehead atoms. The van der Waals surface area contributed by atoms with Crippen molar-refractivity contribution in [2.24, 2.45) is 0 Å². The van der Waals surface area contributed by atoms with Crippen molar-refractivity contribution in [1.82, 2.24) is 15.2 Å². The fourth-order valence-corrected chi connectivity index (χ4v) is 6.73. The molecule has 46 heavy (non-hydrogen) atoms. The van der Waals surface area contributed by atoms with Crippen molar-refractivity contribution in [3.63, 3.8) is 0 Å². The minimum absolute atomic E-state index is 0.126. The average molecular weight is 687 g/mol. The Bertz CT molecular complexity index is 1820. The Morgan fingerprint density at radius 2 is 1.67 bits per heavy atom. The van der Waals surface area contributed by atoms with Crippen molar-refractivity contribution < 1.29 is 22.7 Å². The fourth-order valence-electron chi connectivity index (χ4n) is 4.60. The molecule has 0 aliphatic carbocycles. The third-order valence-corrected chi connectivity index (χ3v) is 8.84. The molecule has 2 N–H and O–H groups in total. The summed E-state index contributed by atoms with van der Waals surface area (Å²) in [5.74, 6) is -0.328. The van der Waals surface area contributed by atoms with Crippen LogP contribution in [0.25, 0.3) is 10.8 Å². The number of esters is 1. The van der Waals surface area contributed by atoms with Crippen molar-refractivity contribution in [3.05, 3.63) is 94.1 Å². The first-order valence-corrected chi connectivity index (χ1v) is 16.7. The lowest BCUT2D eigenvalue weighted by molar-refractivity contribution is -0.152. The lowest BCUT2D eigenvalue weighted by atomic mass is 10.0. The molecule has 244 valence electrons. The topological polar surface area (TPSA) is 121 Å². The number of nitrogens with zero attached hydrogens (tertiary/aromatic N) is 3. The second-order valence-corrected chi connectivity index (χ2v) is 14.6. The van der Waals surface area contributed by atoms with Gasteiger partial charge in [-0.3, -0.25) is 13.9 Å². The standard InChI is InChI=1S/C33H37Cl2N5O5S/c1-33(2,3)45-31(41)21-40(46(43,44)27-18-24(34)17-25(35)19-27)26-9-10-28-23(16-26)7-6-8-29(28)32(42)38-20-22-11-12-36-30(15-22)37-13-14-39(4)5/h6-12,15-19H,13-14,20-21H2,1-5H3,(H,36,37)(H,38,42). The van der Waals surface area contributed by atoms with Gasteiger partial charge in [-0.1, -0.05) is 41.4 Å². The first kappa shape index (κ1) is 35.0. The minimum Gasteiger partial charge on any atom is -0.459 e. The summed E-state index contributed by atoms with van der Waals surface area (Å²) in [4.78, 5) is 32.4. The summed E-state index contributed by atoms with van der Waals surface area (Å²) in [7, 11) is -0.337. The van der Waals surface area contributed by atoms with Gasteiger partial charge >= 0.3 is 5.97 Å². The van der Waals surface area contributed by atoms with E-state index in [4.69, 9.17) is 27.9 Å². The van der Waals surface area contributed by atoms with E-state index in [0.29, 0.717) is 16.3 Å². The molecule has 4 rings (SSSR count). The molecule has 0 atom stereocenters. The number of amides is 1. The Hall–Kier alpha value is -3.90. The predicted octanol–water partition coefficient (Wildman–Crippen LogP) is 5.98. The van der Waals surface area contributed by atoms with Crippen molar-refractivity contribution in [3.8, 4) is 0 Å². The van der Waals surface area contributed by atoms with E-state index in [1.807, 2.05) is 26.2 Å². The Kier molecular flexibility index (Phi) is 11.2. The maximum Gasteiger partial charge on any atom is 0.327 e. The molecule has 10 nitrogen and oxygen atoms in total. The number of halogens is 2. The molecule has 0 fully saturated rings. The van der Waals surface area contributed by atoms with E-state index in [2.05, 4.69) is 20.5 Å². The summed E-state index contributed by atoms with van der Waals surface area (Å²) in [5.41, 5.74) is 0.642. The second-order valence-electron chi connectivity index (χ2n) is 11.9. The number of hydrogen-bond acceptors (Lipinski definition) is 8. The van der Waals surface area contributed by atoms with Gasteiger partial charge in [0, 0.05) is 41.4 Å². The predicted molar refractivity (Wildman–Crippen MR) is 183 cm³/mol. The highest BCUT2D eigenvalue weighted by Gasteiger charge is 2.30. The summed E-state index contributed by atoms with van der Waals surface area (Å²) in [5, 5.41) is 7.67. The summed E-state index contributed by atoms with van der Waals surface area (Å²) < 4.78 is 34.2. The number of sulfonamides is 1. The van der Waals surface area contributed by atoms with Crippen LogP contribution in [0.5, 0.6) is 0 Å². The molecule has 0 spiro atoms. The number of pyridine rings is 1. The number of hydrogen-bond donors (Lipinski definition) is 2. The molecule has 0 aliphatic heterocycles. The van der Waals surface area contributed by atoms with Gasteiger partial charge in [0.15, 0.2) is 0 Å². The molecular weight excluding hydrogens is 649 g/mol. The van der Waals surface area contributed by atoms with E-state index in [9.17, 15) is 18.0 Å². The molecule has 13 heteroatoms. The molecule has 1 amide bonds. The Labute approximate surface area is 279 Å². The Balaban J connectivity index is 1.62. The van der Waals surface area contributed by atoms with E-state index >= 15 is 0 Å². The number of aromatic nitrogens is 1. The van der Waals surface area contributed by atoms with Crippen molar-refractivity contribution in [2.75, 3.05) is 43.4 Å². The van der Waals surface area contributed by atoms with Gasteiger partial charge in [0.2, 0.25) is 0 Å². The zero-order chi connectivity index (χ0) is 33.6. The summed E-state index contributed by atoms with van der Waals surface area (Å²) in [6.07, 6.45) is 1.69. The van der Waals surface area contributed by atoms with Crippen molar-refractivity contribution in [2.45, 2.75) is 37.8 Å². The van der Waals surface area contributed by atoms with Crippen LogP contribution in [0.15, 0.2) is 77.8 Å². The van der Waals surface area contributed by atoms with Crippen LogP contribution in [0.3, 0.4) is 0 Å². The zero-order valence-electron chi connectivity index (χ0n) is 26.3. The van der Waals surface area contributed by atoms with Crippen LogP contribution in [-0.2, 0) is 26.1 Å². The van der Waals surface area contributed by atoms with Gasteiger partial charge in [-0.15, -0.1) is 0 Å². The third-order valence-electron chi connectivity index (χ3n) is 6.66. The number of rotatable bonds is 12. The molecule has 3 aromatic carbocycles. The van der Waals surface area contributed by atoms with E-state index in [-0.39, 0.29) is 33.1 Å². The van der Waals surface area contributed by atoms with E-state index in [1.54, 1.807) is 63.4 Å². The lowest BCUT2D eigenvalue weighted by Gasteiger charge is -2.27. The molecule has 0 aliphatic rings. The maximum atomic E-state index is 13.9. The van der Waals surface area contributed by atoms with Crippen LogP contribution in [-0.4, -0.2) is 69.5 Å². The number of fused-ring (bicyclic) bond motifs is 1. The number of benzene rings is 3. The van der Waals surface area contributed by atoms with Gasteiger partial charge in [0.05, 0.1) is 10.6 Å². The van der Waals surface area contributed by atoms with Crippen LogP contribution >= 0.6 is 23.2 Å². The Morgan fingerprint density at radius 3 is 2.35 bits per heavy atom. The summed E-state index contributed by atoms with van der Waals surface area (Å²) in [6.45, 7) is 6.35. The molecule has 0 radical (unpaired) electrons. The monoisotopic (exact) mass is 685 g/mol. The first-order chi connectivity index (χ1) is 21.6. The van der Waals surface area contributed by atoms with Gasteiger partial charge in [-0.05, 0) is 99.7 Å². The number of ether oxygens (including phenoxy) is 1. The van der Waals surface area contributed by atoms with Gasteiger partial charge in [0.1, 0.15) is 18.0 Å². The van der Waals surface area contributed by atoms with Gasteiger partial charge < -0.3 is 20.3 Å². The normalized spacial score (nSPS) is 11.8. The first-order valence-electron chi connectivity index (χ1n) is 14.5. The molecule has 0 saturated carbocycles. The lowest BCUT2D eigenvalue weighted by Crippen LogP contribution is -2.39. The Morgan fingerprint density at radius 1 is 0.957 bits per heavy atom. The van der Waals surface area contributed by atoms with E-state index < -0.39 is 28.1 Å². The molecular formula is C33H37Cl2N5O5S. The number of nitrogens with one attached hydrogen (secondary N) is 2. The highest BCUT2D eigenvalue weighted by Crippen LogP contribution is 2.31. The van der Waals surface area contributed by atoms with E-state index in [1.165, 1.54) is 18.2 Å². The van der Waals surface area contributed by atoms with Gasteiger partial charge in [-0.25, -0.2) is 13.4 Å². The maximum absolute atomic E-state index is 13.9. The molecule has 0 unspecified atom stereocenters. The van der Waals surface area contributed by atoms with Crippen LogP contribution in [0, 0.1) is 0 Å². The number of likely N-dealkylation sites (N-methyl/N-ethyl adjacent to an activating group) is 1. The van der Waals surface area contributed by atoms with Crippen molar-refractivity contribution >= 4 is 67.4 Å². The molecule has 0 saturated heterocycles. The second kappa shape index (κ2) is 14.7. The van der Waals surface area contributed by atoms with Gasteiger partial charge in [-0.2, -0.15) is 0 Å². The highest BCUT2D eigenvalue weighted by molar-refractivity contribution is 7.92. The van der Waals surface area contributed by atoms with Gasteiger partial charge in [0.25, 0.3) is 15.9 Å². The quantitative estimate of drug-likeness (QED) is 0.175. The van der Waals surface area contributed by atoms with Crippen LogP contribution in [0.2, 0.25) is 10.0 Å². The number of anilines is 2. The molecule has 1 heterocycles. The summed E-state index contributed by atoms with van der Waals surface area (Å²) in [6, 6.07) is 17.6. The van der Waals surface area contributed by atoms with Crippen molar-refractivity contribution in [1.29, 1.82) is 0 Å². The third kappa shape index (κ3) is 9.32. The van der Waals surface area contributed by atoms with Crippen LogP contribution in [0.4, 0.5) is 11.5 Å². The molecule has 4 aromatic rings.